The first-order chi connectivity index (χ1) is 11.9. The lowest BCUT2D eigenvalue weighted by Crippen LogP contribution is -2.32. The van der Waals surface area contributed by atoms with Gasteiger partial charge in [0.1, 0.15) is 11.9 Å². The number of hydrogen-bond acceptors (Lipinski definition) is 4. The van der Waals surface area contributed by atoms with Gasteiger partial charge in [0.25, 0.3) is 0 Å². The molecule has 1 atom stereocenters. The van der Waals surface area contributed by atoms with Crippen LogP contribution < -0.4 is 16.0 Å². The van der Waals surface area contributed by atoms with E-state index in [1.807, 2.05) is 0 Å². The number of halogens is 1. The van der Waals surface area contributed by atoms with Gasteiger partial charge in [-0.3, -0.25) is 10.1 Å². The van der Waals surface area contributed by atoms with Gasteiger partial charge >= 0.3 is 6.09 Å². The molecular formula is C18H20FN3O3. The molecule has 0 spiro atoms. The van der Waals surface area contributed by atoms with Crippen LogP contribution >= 0.6 is 0 Å². The summed E-state index contributed by atoms with van der Waals surface area (Å²) < 4.78 is 17.8. The Morgan fingerprint density at radius 1 is 1.04 bits per heavy atom. The van der Waals surface area contributed by atoms with Crippen molar-refractivity contribution in [2.24, 2.45) is 0 Å². The summed E-state index contributed by atoms with van der Waals surface area (Å²) in [6, 6.07) is 10.5. The van der Waals surface area contributed by atoms with Gasteiger partial charge in [-0.05, 0) is 55.8 Å². The van der Waals surface area contributed by atoms with Gasteiger partial charge < -0.3 is 15.4 Å². The highest BCUT2D eigenvalue weighted by Crippen LogP contribution is 2.18. The maximum absolute atomic E-state index is 13.3. The number of anilines is 3. The number of amides is 2. The first-order valence-electron chi connectivity index (χ1n) is 7.67. The van der Waals surface area contributed by atoms with Crippen LogP contribution in [0.3, 0.4) is 0 Å². The van der Waals surface area contributed by atoms with E-state index in [4.69, 9.17) is 0 Å². The average Bonchev–Trinajstić information content (AvgIpc) is 2.59. The van der Waals surface area contributed by atoms with Gasteiger partial charge in [-0.2, -0.15) is 0 Å². The van der Waals surface area contributed by atoms with Crippen molar-refractivity contribution in [3.63, 3.8) is 0 Å². The molecule has 0 aromatic heterocycles. The van der Waals surface area contributed by atoms with Gasteiger partial charge in [0.2, 0.25) is 5.91 Å². The molecule has 2 aromatic carbocycles. The lowest BCUT2D eigenvalue weighted by molar-refractivity contribution is -0.116. The smallest absolute Gasteiger partial charge is 0.411 e. The molecular weight excluding hydrogens is 325 g/mol. The zero-order valence-corrected chi connectivity index (χ0v) is 14.2. The Bertz CT molecular complexity index is 763. The van der Waals surface area contributed by atoms with Crippen molar-refractivity contribution in [3.05, 3.63) is 53.8 Å². The van der Waals surface area contributed by atoms with E-state index in [0.29, 0.717) is 17.1 Å². The fourth-order valence-electron chi connectivity index (χ4n) is 2.10. The molecule has 1 unspecified atom stereocenters. The van der Waals surface area contributed by atoms with Crippen molar-refractivity contribution in [3.8, 4) is 0 Å². The molecule has 0 saturated carbocycles. The maximum Gasteiger partial charge on any atom is 0.411 e. The van der Waals surface area contributed by atoms with Crippen LogP contribution in [-0.4, -0.2) is 25.2 Å². The van der Waals surface area contributed by atoms with Crippen molar-refractivity contribution in [2.45, 2.75) is 19.9 Å². The van der Waals surface area contributed by atoms with E-state index in [1.165, 1.54) is 19.2 Å². The Labute approximate surface area is 145 Å². The third-order valence-corrected chi connectivity index (χ3v) is 3.55. The van der Waals surface area contributed by atoms with Gasteiger partial charge in [-0.1, -0.05) is 6.07 Å². The maximum atomic E-state index is 13.3. The van der Waals surface area contributed by atoms with Crippen molar-refractivity contribution < 1.29 is 18.7 Å². The van der Waals surface area contributed by atoms with E-state index in [-0.39, 0.29) is 5.91 Å². The number of hydrogen-bond donors (Lipinski definition) is 3. The van der Waals surface area contributed by atoms with E-state index in [9.17, 15) is 14.0 Å². The van der Waals surface area contributed by atoms with E-state index < -0.39 is 18.0 Å². The average molecular weight is 345 g/mol. The third kappa shape index (κ3) is 5.20. The van der Waals surface area contributed by atoms with Crippen molar-refractivity contribution in [2.75, 3.05) is 23.1 Å². The molecule has 0 radical (unpaired) electrons. The Hall–Kier alpha value is -3.09. The molecule has 0 aliphatic rings. The molecule has 2 rings (SSSR count). The fourth-order valence-corrected chi connectivity index (χ4v) is 2.10. The minimum atomic E-state index is -0.557. The first-order valence-corrected chi connectivity index (χ1v) is 7.67. The number of ether oxygens (including phenoxy) is 1. The van der Waals surface area contributed by atoms with Crippen molar-refractivity contribution >= 4 is 29.1 Å². The van der Waals surface area contributed by atoms with E-state index in [1.54, 1.807) is 44.2 Å². The van der Waals surface area contributed by atoms with Crippen LogP contribution in [0.2, 0.25) is 0 Å². The summed E-state index contributed by atoms with van der Waals surface area (Å²) in [5.74, 6) is -0.694. The van der Waals surface area contributed by atoms with Crippen LogP contribution in [0, 0.1) is 12.7 Å². The molecule has 25 heavy (non-hydrogen) atoms. The molecule has 0 fully saturated rings. The Morgan fingerprint density at radius 2 is 1.68 bits per heavy atom. The Kier molecular flexibility index (Phi) is 5.94. The molecule has 0 bridgehead atoms. The number of carbonyl (C=O) groups is 2. The topological polar surface area (TPSA) is 79.5 Å². The summed E-state index contributed by atoms with van der Waals surface area (Å²) in [6.45, 7) is 3.49. The monoisotopic (exact) mass is 345 g/mol. The van der Waals surface area contributed by atoms with Crippen LogP contribution in [0.15, 0.2) is 42.5 Å². The Morgan fingerprint density at radius 3 is 2.32 bits per heavy atom. The zero-order chi connectivity index (χ0) is 18.4. The first kappa shape index (κ1) is 18.3. The van der Waals surface area contributed by atoms with Gasteiger partial charge in [0, 0.05) is 17.1 Å². The fraction of sp³-hybridized carbons (Fsp3) is 0.222. The quantitative estimate of drug-likeness (QED) is 0.771. The molecule has 132 valence electrons. The largest absolute Gasteiger partial charge is 0.453 e. The second kappa shape index (κ2) is 8.14. The van der Waals surface area contributed by atoms with Crippen LogP contribution in [0.25, 0.3) is 0 Å². The number of benzene rings is 2. The number of carbonyl (C=O) groups excluding carboxylic acids is 2. The molecule has 3 N–H and O–H groups in total. The lowest BCUT2D eigenvalue weighted by atomic mass is 10.2. The summed E-state index contributed by atoms with van der Waals surface area (Å²) >= 11 is 0. The van der Waals surface area contributed by atoms with Gasteiger partial charge in [0.15, 0.2) is 0 Å². The van der Waals surface area contributed by atoms with Crippen LogP contribution in [-0.2, 0) is 9.53 Å². The lowest BCUT2D eigenvalue weighted by Gasteiger charge is -2.16. The van der Waals surface area contributed by atoms with Crippen molar-refractivity contribution in [1.29, 1.82) is 0 Å². The number of rotatable bonds is 5. The minimum absolute atomic E-state index is 0.287. The normalized spacial score (nSPS) is 11.4. The highest BCUT2D eigenvalue weighted by molar-refractivity contribution is 5.96. The van der Waals surface area contributed by atoms with E-state index in [2.05, 4.69) is 20.7 Å². The van der Waals surface area contributed by atoms with Crippen molar-refractivity contribution in [1.82, 2.24) is 0 Å². The highest BCUT2D eigenvalue weighted by Gasteiger charge is 2.14. The molecule has 0 saturated heterocycles. The number of nitrogens with one attached hydrogen (secondary N) is 3. The standard InChI is InChI=1S/C18H20FN3O3/c1-11-4-5-13(19)10-16(11)22-17(23)12(2)20-14-6-8-15(9-7-14)21-18(24)25-3/h4-10,12,20H,1-3H3,(H,21,24)(H,22,23). The molecule has 2 amide bonds. The van der Waals surface area contributed by atoms with Gasteiger partial charge in [-0.15, -0.1) is 0 Å². The van der Waals surface area contributed by atoms with Crippen LogP contribution in [0.1, 0.15) is 12.5 Å². The molecule has 0 aliphatic heterocycles. The summed E-state index contributed by atoms with van der Waals surface area (Å²) in [5.41, 5.74) is 2.50. The second-order valence-corrected chi connectivity index (χ2v) is 5.51. The molecule has 0 aliphatic carbocycles. The summed E-state index contributed by atoms with van der Waals surface area (Å²) in [6.07, 6.45) is -0.557. The predicted molar refractivity (Wildman–Crippen MR) is 95.3 cm³/mol. The molecule has 2 aromatic rings. The summed E-state index contributed by atoms with van der Waals surface area (Å²) in [5, 5.41) is 8.28. The van der Waals surface area contributed by atoms with E-state index in [0.717, 1.165) is 5.56 Å². The minimum Gasteiger partial charge on any atom is -0.453 e. The van der Waals surface area contributed by atoms with Crippen LogP contribution in [0.4, 0.5) is 26.2 Å². The number of methoxy groups -OCH3 is 1. The molecule has 6 nitrogen and oxygen atoms in total. The second-order valence-electron chi connectivity index (χ2n) is 5.51. The van der Waals surface area contributed by atoms with Gasteiger partial charge in [-0.25, -0.2) is 9.18 Å². The summed E-state index contributed by atoms with van der Waals surface area (Å²) in [4.78, 5) is 23.4. The summed E-state index contributed by atoms with van der Waals surface area (Å²) in [7, 11) is 1.28. The Balaban J connectivity index is 1.96. The predicted octanol–water partition coefficient (Wildman–Crippen LogP) is 3.75. The molecule has 0 heterocycles. The van der Waals surface area contributed by atoms with E-state index >= 15 is 0 Å². The zero-order valence-electron chi connectivity index (χ0n) is 14.2. The van der Waals surface area contributed by atoms with Gasteiger partial charge in [0.05, 0.1) is 7.11 Å². The van der Waals surface area contributed by atoms with Crippen LogP contribution in [0.5, 0.6) is 0 Å². The molecule has 7 heteroatoms. The SMILES string of the molecule is COC(=O)Nc1ccc(NC(C)C(=O)Nc2cc(F)ccc2C)cc1. The highest BCUT2D eigenvalue weighted by atomic mass is 19.1. The third-order valence-electron chi connectivity index (χ3n) is 3.55. The number of aryl methyl sites for hydroxylation is 1.